The lowest BCUT2D eigenvalue weighted by Gasteiger charge is -2.35. The zero-order valence-electron chi connectivity index (χ0n) is 14.5. The molecule has 25 heavy (non-hydrogen) atoms. The third-order valence-electron chi connectivity index (χ3n) is 4.98. The van der Waals surface area contributed by atoms with Crippen molar-refractivity contribution in [3.63, 3.8) is 0 Å². The van der Waals surface area contributed by atoms with E-state index in [1.807, 2.05) is 0 Å². The fraction of sp³-hybridized carbons (Fsp3) is 0.526. The van der Waals surface area contributed by atoms with E-state index >= 15 is 0 Å². The Morgan fingerprint density at radius 3 is 2.48 bits per heavy atom. The normalized spacial score (nSPS) is 18.9. The average Bonchev–Trinajstić information content (AvgIpc) is 3.47. The fourth-order valence-corrected chi connectivity index (χ4v) is 3.35. The molecule has 0 spiro atoms. The van der Waals surface area contributed by atoms with Crippen LogP contribution in [0.5, 0.6) is 0 Å². The molecular weight excluding hydrogens is 320 g/mol. The summed E-state index contributed by atoms with van der Waals surface area (Å²) in [5.74, 6) is -0.619. The summed E-state index contributed by atoms with van der Waals surface area (Å²) < 4.78 is 4.93. The third kappa shape index (κ3) is 4.00. The average molecular weight is 344 g/mol. The number of carbonyl (C=O) groups is 3. The molecule has 0 radical (unpaired) electrons. The highest BCUT2D eigenvalue weighted by Crippen LogP contribution is 2.31. The summed E-state index contributed by atoms with van der Waals surface area (Å²) in [5, 5.41) is 5.72. The van der Waals surface area contributed by atoms with Crippen LogP contribution in [0.1, 0.15) is 55.3 Å². The van der Waals surface area contributed by atoms with Crippen LogP contribution in [0.25, 0.3) is 0 Å². The van der Waals surface area contributed by atoms with Crippen molar-refractivity contribution < 1.29 is 19.1 Å². The Morgan fingerprint density at radius 2 is 1.84 bits per heavy atom. The second-order valence-electron chi connectivity index (χ2n) is 6.93. The first kappa shape index (κ1) is 17.5. The number of rotatable bonds is 5. The minimum absolute atomic E-state index is 0.00382. The maximum atomic E-state index is 12.7. The minimum atomic E-state index is -0.947. The molecule has 2 amide bonds. The van der Waals surface area contributed by atoms with Gasteiger partial charge in [-0.1, -0.05) is 25.3 Å². The molecule has 2 saturated carbocycles. The molecule has 2 aliphatic rings. The first-order chi connectivity index (χ1) is 12.0. The van der Waals surface area contributed by atoms with E-state index in [1.54, 1.807) is 24.3 Å². The zero-order chi connectivity index (χ0) is 17.9. The molecule has 2 N–H and O–H groups in total. The maximum Gasteiger partial charge on any atom is 0.331 e. The van der Waals surface area contributed by atoms with Crippen LogP contribution in [0.2, 0.25) is 0 Å². The monoisotopic (exact) mass is 344 g/mol. The molecule has 0 heterocycles. The Bertz CT molecular complexity index is 676. The number of esters is 1. The molecule has 2 fully saturated rings. The largest absolute Gasteiger partial charge is 0.467 e. The number of anilines is 1. The van der Waals surface area contributed by atoms with E-state index in [2.05, 4.69) is 10.6 Å². The van der Waals surface area contributed by atoms with Crippen molar-refractivity contribution in [1.29, 1.82) is 0 Å². The van der Waals surface area contributed by atoms with E-state index < -0.39 is 11.5 Å². The van der Waals surface area contributed by atoms with E-state index in [-0.39, 0.29) is 17.7 Å². The summed E-state index contributed by atoms with van der Waals surface area (Å²) >= 11 is 0. The number of nitrogens with one attached hydrogen (secondary N) is 2. The number of methoxy groups -OCH3 is 1. The standard InChI is InChI=1S/C19H24N2O4/c1-25-18(24)19(10-3-2-4-11-19)21-17(23)14-6-5-7-15(12-14)20-16(22)13-8-9-13/h5-7,12-13H,2-4,8-11H2,1H3,(H,20,22)(H,21,23). The number of carbonyl (C=O) groups excluding carboxylic acids is 3. The van der Waals surface area contributed by atoms with Crippen molar-refractivity contribution in [2.24, 2.45) is 5.92 Å². The quantitative estimate of drug-likeness (QED) is 0.804. The Labute approximate surface area is 147 Å². The molecule has 134 valence electrons. The van der Waals surface area contributed by atoms with Crippen molar-refractivity contribution in [1.82, 2.24) is 5.32 Å². The van der Waals surface area contributed by atoms with Crippen molar-refractivity contribution in [3.05, 3.63) is 29.8 Å². The predicted octanol–water partition coefficient (Wildman–Crippen LogP) is 2.64. The van der Waals surface area contributed by atoms with Crippen LogP contribution < -0.4 is 10.6 Å². The van der Waals surface area contributed by atoms with Gasteiger partial charge in [-0.05, 0) is 43.9 Å². The minimum Gasteiger partial charge on any atom is -0.467 e. The Balaban J connectivity index is 1.73. The van der Waals surface area contributed by atoms with Gasteiger partial charge in [0.05, 0.1) is 7.11 Å². The molecule has 0 aliphatic heterocycles. The third-order valence-corrected chi connectivity index (χ3v) is 4.98. The number of ether oxygens (including phenoxy) is 1. The first-order valence-electron chi connectivity index (χ1n) is 8.86. The highest BCUT2D eigenvalue weighted by atomic mass is 16.5. The smallest absolute Gasteiger partial charge is 0.331 e. The van der Waals surface area contributed by atoms with Gasteiger partial charge in [0.1, 0.15) is 5.54 Å². The highest BCUT2D eigenvalue weighted by Gasteiger charge is 2.42. The Morgan fingerprint density at radius 1 is 1.12 bits per heavy atom. The number of hydrogen-bond acceptors (Lipinski definition) is 4. The molecule has 0 saturated heterocycles. The van der Waals surface area contributed by atoms with E-state index in [4.69, 9.17) is 4.74 Å². The topological polar surface area (TPSA) is 84.5 Å². The molecule has 0 bridgehead atoms. The first-order valence-corrected chi connectivity index (χ1v) is 8.86. The summed E-state index contributed by atoms with van der Waals surface area (Å²) in [5.41, 5.74) is 0.0694. The van der Waals surface area contributed by atoms with Crippen LogP contribution in [-0.4, -0.2) is 30.4 Å². The van der Waals surface area contributed by atoms with E-state index in [1.165, 1.54) is 7.11 Å². The molecule has 3 rings (SSSR count). The fourth-order valence-electron chi connectivity index (χ4n) is 3.35. The van der Waals surface area contributed by atoms with Crippen molar-refractivity contribution in [3.8, 4) is 0 Å². The van der Waals surface area contributed by atoms with Gasteiger partial charge in [-0.3, -0.25) is 9.59 Å². The predicted molar refractivity (Wildman–Crippen MR) is 93.1 cm³/mol. The van der Waals surface area contributed by atoms with Gasteiger partial charge in [-0.15, -0.1) is 0 Å². The summed E-state index contributed by atoms with van der Waals surface area (Å²) in [6.07, 6.45) is 5.84. The van der Waals surface area contributed by atoms with E-state index in [9.17, 15) is 14.4 Å². The van der Waals surface area contributed by atoms with Gasteiger partial charge >= 0.3 is 5.97 Å². The number of amides is 2. The van der Waals surface area contributed by atoms with Gasteiger partial charge in [-0.25, -0.2) is 4.79 Å². The van der Waals surface area contributed by atoms with E-state index in [0.29, 0.717) is 24.1 Å². The lowest BCUT2D eigenvalue weighted by atomic mass is 9.81. The molecule has 0 atom stereocenters. The van der Waals surface area contributed by atoms with Gasteiger partial charge in [0.2, 0.25) is 5.91 Å². The van der Waals surface area contributed by atoms with Crippen molar-refractivity contribution in [2.45, 2.75) is 50.5 Å². The molecule has 0 unspecified atom stereocenters. The van der Waals surface area contributed by atoms with Gasteiger partial charge in [0.15, 0.2) is 0 Å². The van der Waals surface area contributed by atoms with Crippen LogP contribution in [0, 0.1) is 5.92 Å². The maximum absolute atomic E-state index is 12.7. The van der Waals surface area contributed by atoms with Crippen LogP contribution in [0.4, 0.5) is 5.69 Å². The summed E-state index contributed by atoms with van der Waals surface area (Å²) in [6.45, 7) is 0. The Kier molecular flexibility index (Phi) is 5.06. The number of benzene rings is 1. The molecular formula is C19H24N2O4. The molecule has 6 nitrogen and oxygen atoms in total. The molecule has 1 aromatic rings. The van der Waals surface area contributed by atoms with Crippen molar-refractivity contribution in [2.75, 3.05) is 12.4 Å². The summed E-state index contributed by atoms with van der Waals surface area (Å²) in [4.78, 5) is 36.8. The SMILES string of the molecule is COC(=O)C1(NC(=O)c2cccc(NC(=O)C3CC3)c2)CCCCC1. The van der Waals surface area contributed by atoms with Crippen LogP contribution in [-0.2, 0) is 14.3 Å². The van der Waals surface area contributed by atoms with Crippen LogP contribution >= 0.6 is 0 Å². The van der Waals surface area contributed by atoms with Gasteiger partial charge in [-0.2, -0.15) is 0 Å². The second-order valence-corrected chi connectivity index (χ2v) is 6.93. The van der Waals surface area contributed by atoms with Gasteiger partial charge < -0.3 is 15.4 Å². The number of hydrogen-bond donors (Lipinski definition) is 2. The second kappa shape index (κ2) is 7.25. The van der Waals surface area contributed by atoms with Crippen LogP contribution in [0.15, 0.2) is 24.3 Å². The van der Waals surface area contributed by atoms with E-state index in [0.717, 1.165) is 32.1 Å². The lowest BCUT2D eigenvalue weighted by Crippen LogP contribution is -2.56. The summed E-state index contributed by atoms with van der Waals surface area (Å²) in [7, 11) is 1.35. The van der Waals surface area contributed by atoms with Gasteiger partial charge in [0, 0.05) is 17.2 Å². The van der Waals surface area contributed by atoms with Crippen molar-refractivity contribution >= 4 is 23.5 Å². The van der Waals surface area contributed by atoms with Crippen LogP contribution in [0.3, 0.4) is 0 Å². The van der Waals surface area contributed by atoms with Gasteiger partial charge in [0.25, 0.3) is 5.91 Å². The molecule has 0 aromatic heterocycles. The highest BCUT2D eigenvalue weighted by molar-refractivity contribution is 6.00. The zero-order valence-corrected chi connectivity index (χ0v) is 14.5. The molecule has 6 heteroatoms. The molecule has 2 aliphatic carbocycles. The summed E-state index contributed by atoms with van der Waals surface area (Å²) in [6, 6.07) is 6.80. The Hall–Kier alpha value is -2.37. The lowest BCUT2D eigenvalue weighted by molar-refractivity contribution is -0.149. The molecule has 1 aromatic carbocycles.